The molecule has 1 saturated carbocycles. The van der Waals surface area contributed by atoms with E-state index in [1.165, 1.54) is 12.8 Å². The second-order valence-corrected chi connectivity index (χ2v) is 1.94. The summed E-state index contributed by atoms with van der Waals surface area (Å²) in [5.74, 6) is 0. The molecule has 1 aromatic carbocycles. The van der Waals surface area contributed by atoms with Gasteiger partial charge in [0, 0.05) is 0 Å². The lowest BCUT2D eigenvalue weighted by molar-refractivity contribution is 1.50. The maximum absolute atomic E-state index is 2.89. The fourth-order valence-electron chi connectivity index (χ4n) is 0.342. The highest BCUT2D eigenvalue weighted by molar-refractivity contribution is 4.97. The van der Waals surface area contributed by atoms with Gasteiger partial charge < -0.3 is 0 Å². The molecule has 0 aliphatic heterocycles. The fourth-order valence-corrected chi connectivity index (χ4v) is 0.342. The molecule has 2 radical (unpaired) electrons. The van der Waals surface area contributed by atoms with E-state index in [9.17, 15) is 0 Å². The van der Waals surface area contributed by atoms with E-state index in [0.717, 1.165) is 0 Å². The Morgan fingerprint density at radius 1 is 0.889 bits per heavy atom. The molecule has 0 saturated heterocycles. The number of rotatable bonds is 0. The molecule has 1 aliphatic carbocycles. The van der Waals surface area contributed by atoms with Gasteiger partial charge in [0.1, 0.15) is 0 Å². The first-order valence-electron chi connectivity index (χ1n) is 3.23. The third-order valence-corrected chi connectivity index (χ3v) is 0.896. The van der Waals surface area contributed by atoms with Gasteiger partial charge in [0.15, 0.2) is 0 Å². The fraction of sp³-hybridized carbons (Fsp3) is 0.222. The van der Waals surface area contributed by atoms with Crippen LogP contribution in [0, 0.1) is 12.5 Å². The molecule has 2 rings (SSSR count). The Morgan fingerprint density at radius 2 is 1.44 bits per heavy atom. The summed E-state index contributed by atoms with van der Waals surface area (Å²) in [6.45, 7) is 0. The molecule has 0 unspecified atom stereocenters. The van der Waals surface area contributed by atoms with Gasteiger partial charge in [-0.1, -0.05) is 30.3 Å². The van der Waals surface area contributed by atoms with E-state index in [0.29, 0.717) is 0 Å². The molecule has 1 fully saturated rings. The summed E-state index contributed by atoms with van der Waals surface area (Å²) >= 11 is 0. The zero-order valence-electron chi connectivity index (χ0n) is 5.38. The van der Waals surface area contributed by atoms with Crippen molar-refractivity contribution in [1.29, 1.82) is 0 Å². The largest absolute Gasteiger partial charge is 0.0622 e. The smallest absolute Gasteiger partial charge is 0.0184 e. The summed E-state index contributed by atoms with van der Waals surface area (Å²) in [5, 5.41) is 0. The minimum absolute atomic E-state index is 1.38. The van der Waals surface area contributed by atoms with Crippen molar-refractivity contribution < 1.29 is 0 Å². The summed E-state index contributed by atoms with van der Waals surface area (Å²) in [5.41, 5.74) is 0. The van der Waals surface area contributed by atoms with Crippen LogP contribution in [0.5, 0.6) is 0 Å². The van der Waals surface area contributed by atoms with E-state index in [-0.39, 0.29) is 0 Å². The molecule has 0 heteroatoms. The van der Waals surface area contributed by atoms with E-state index in [2.05, 4.69) is 12.5 Å². The van der Waals surface area contributed by atoms with Crippen LogP contribution >= 0.6 is 0 Å². The van der Waals surface area contributed by atoms with Gasteiger partial charge in [-0.25, -0.2) is 0 Å². The van der Waals surface area contributed by atoms with Crippen LogP contribution in [-0.4, -0.2) is 0 Å². The second kappa shape index (κ2) is 4.13. The molecule has 0 heterocycles. The maximum atomic E-state index is 2.89. The van der Waals surface area contributed by atoms with E-state index >= 15 is 0 Å². The summed E-state index contributed by atoms with van der Waals surface area (Å²) < 4.78 is 0. The third-order valence-electron chi connectivity index (χ3n) is 0.896. The number of hydrogen-bond acceptors (Lipinski definition) is 0. The molecule has 1 aliphatic rings. The van der Waals surface area contributed by atoms with Gasteiger partial charge in [0.2, 0.25) is 0 Å². The summed E-state index contributed by atoms with van der Waals surface area (Å²) in [6, 6.07) is 12.5. The Bertz CT molecular complexity index is 101. The molecule has 0 amide bonds. The average Bonchev–Trinajstić information content (AvgIpc) is 2.76. The zero-order chi connectivity index (χ0) is 6.36. The maximum Gasteiger partial charge on any atom is -0.0184 e. The first-order valence-corrected chi connectivity index (χ1v) is 3.23. The molecule has 46 valence electrons. The highest BCUT2D eigenvalue weighted by atomic mass is 14.0. The Labute approximate surface area is 56.5 Å². The summed E-state index contributed by atoms with van der Waals surface area (Å²) in [6.07, 6.45) is 5.00. The van der Waals surface area contributed by atoms with Gasteiger partial charge in [-0.05, 0) is 25.3 Å². The van der Waals surface area contributed by atoms with Crippen LogP contribution in [0.25, 0.3) is 0 Å². The Morgan fingerprint density at radius 3 is 1.56 bits per heavy atom. The van der Waals surface area contributed by atoms with Crippen molar-refractivity contribution in [3.05, 3.63) is 42.8 Å². The van der Waals surface area contributed by atoms with Gasteiger partial charge >= 0.3 is 0 Å². The Kier molecular flexibility index (Phi) is 2.91. The van der Waals surface area contributed by atoms with E-state index < -0.39 is 0 Å². The molecule has 0 N–H and O–H groups in total. The normalized spacial score (nSPS) is 13.3. The van der Waals surface area contributed by atoms with Gasteiger partial charge in [-0.15, -0.1) is 0 Å². The molecular formula is C9H10. The van der Waals surface area contributed by atoms with Crippen molar-refractivity contribution in [2.24, 2.45) is 0 Å². The molecule has 9 heavy (non-hydrogen) atoms. The van der Waals surface area contributed by atoms with Crippen LogP contribution in [0.15, 0.2) is 30.3 Å². The standard InChI is InChI=1S/C6H5.C3H5/c1-2-4-6-5-3-1;1-2-3-1/h1-5H;1H,2-3H2. The lowest BCUT2D eigenvalue weighted by Gasteiger charge is -1.68. The van der Waals surface area contributed by atoms with Gasteiger partial charge in [-0.2, -0.15) is 0 Å². The molecule has 0 bridgehead atoms. The topological polar surface area (TPSA) is 0 Å². The first-order chi connectivity index (χ1) is 4.50. The van der Waals surface area contributed by atoms with Crippen LogP contribution in [0.2, 0.25) is 0 Å². The monoisotopic (exact) mass is 118 g/mol. The number of hydrogen-bond donors (Lipinski definition) is 0. The van der Waals surface area contributed by atoms with Crippen LogP contribution in [0.4, 0.5) is 0 Å². The van der Waals surface area contributed by atoms with Crippen molar-refractivity contribution >= 4 is 0 Å². The van der Waals surface area contributed by atoms with Crippen LogP contribution in [-0.2, 0) is 0 Å². The lowest BCUT2D eigenvalue weighted by Crippen LogP contribution is -1.49. The predicted octanol–water partition coefficient (Wildman–Crippen LogP) is 2.47. The second-order valence-electron chi connectivity index (χ2n) is 1.94. The minimum atomic E-state index is 1.38. The molecule has 0 aromatic heterocycles. The van der Waals surface area contributed by atoms with Gasteiger partial charge in [-0.3, -0.25) is 0 Å². The molecule has 0 spiro atoms. The van der Waals surface area contributed by atoms with Crippen molar-refractivity contribution in [3.8, 4) is 0 Å². The van der Waals surface area contributed by atoms with E-state index in [1.807, 2.05) is 30.3 Å². The quantitative estimate of drug-likeness (QED) is 0.491. The third kappa shape index (κ3) is 5.09. The zero-order valence-corrected chi connectivity index (χ0v) is 5.38. The first kappa shape index (κ1) is 6.34. The lowest BCUT2D eigenvalue weighted by atomic mass is 10.4. The van der Waals surface area contributed by atoms with Crippen LogP contribution in [0.1, 0.15) is 12.8 Å². The summed E-state index contributed by atoms with van der Waals surface area (Å²) in [4.78, 5) is 0. The molecule has 0 nitrogen and oxygen atoms in total. The highest BCUT2D eigenvalue weighted by Crippen LogP contribution is 2.12. The van der Waals surface area contributed by atoms with Crippen molar-refractivity contribution in [2.45, 2.75) is 12.8 Å². The Hall–Kier alpha value is -0.780. The van der Waals surface area contributed by atoms with Crippen molar-refractivity contribution in [3.63, 3.8) is 0 Å². The average molecular weight is 118 g/mol. The number of benzene rings is 1. The Balaban J connectivity index is 0.000000112. The molecular weight excluding hydrogens is 108 g/mol. The highest BCUT2D eigenvalue weighted by Gasteiger charge is 1.95. The molecule has 0 atom stereocenters. The predicted molar refractivity (Wildman–Crippen MR) is 38.8 cm³/mol. The van der Waals surface area contributed by atoms with E-state index in [4.69, 9.17) is 0 Å². The van der Waals surface area contributed by atoms with Crippen molar-refractivity contribution in [1.82, 2.24) is 0 Å². The molecule has 1 aromatic rings. The minimum Gasteiger partial charge on any atom is -0.0622 e. The summed E-state index contributed by atoms with van der Waals surface area (Å²) in [7, 11) is 0. The van der Waals surface area contributed by atoms with Crippen LogP contribution < -0.4 is 0 Å². The van der Waals surface area contributed by atoms with E-state index in [1.54, 1.807) is 0 Å². The SMILES string of the molecule is [CH]1CC1.[c]1ccccc1. The van der Waals surface area contributed by atoms with Crippen LogP contribution in [0.3, 0.4) is 0 Å². The van der Waals surface area contributed by atoms with Crippen molar-refractivity contribution in [2.75, 3.05) is 0 Å². The van der Waals surface area contributed by atoms with Gasteiger partial charge in [0.25, 0.3) is 0 Å². The van der Waals surface area contributed by atoms with Gasteiger partial charge in [0.05, 0.1) is 0 Å².